The molecule has 0 saturated carbocycles. The molecule has 2 aromatic rings. The molecule has 0 N–H and O–H groups in total. The fourth-order valence-corrected chi connectivity index (χ4v) is 2.25. The van der Waals surface area contributed by atoms with Crippen molar-refractivity contribution < 1.29 is 4.74 Å². The van der Waals surface area contributed by atoms with Crippen molar-refractivity contribution in [1.82, 2.24) is 15.0 Å². The molecule has 5 heteroatoms. The number of ether oxygens (including phenoxy) is 1. The summed E-state index contributed by atoms with van der Waals surface area (Å²) >= 11 is 0. The van der Waals surface area contributed by atoms with Gasteiger partial charge in [0, 0.05) is 13.0 Å². The average Bonchev–Trinajstić information content (AvgIpc) is 2.87. The standard InChI is InChI=1S/C16H20N4O/c1-12(2)16-15(11-17)18-19-20(16)8-5-9-21-14-7-4-6-13(3)10-14/h4,6-7,10,12H,5,8-9H2,1-3H3. The maximum Gasteiger partial charge on any atom is 0.186 e. The molecule has 5 nitrogen and oxygen atoms in total. The molecule has 0 aliphatic carbocycles. The number of nitrogens with zero attached hydrogens (tertiary/aromatic N) is 4. The van der Waals surface area contributed by atoms with Crippen molar-refractivity contribution in [3.05, 3.63) is 41.2 Å². The third-order valence-corrected chi connectivity index (χ3v) is 3.20. The van der Waals surface area contributed by atoms with Gasteiger partial charge in [-0.15, -0.1) is 5.10 Å². The lowest BCUT2D eigenvalue weighted by atomic mass is 10.1. The van der Waals surface area contributed by atoms with Crippen LogP contribution in [0, 0.1) is 18.3 Å². The molecule has 0 unspecified atom stereocenters. The number of benzene rings is 1. The number of hydrogen-bond acceptors (Lipinski definition) is 4. The molecule has 1 heterocycles. The molecular formula is C16H20N4O. The minimum Gasteiger partial charge on any atom is -0.494 e. The van der Waals surface area contributed by atoms with E-state index in [0.29, 0.717) is 18.8 Å². The van der Waals surface area contributed by atoms with Gasteiger partial charge in [0.25, 0.3) is 0 Å². The number of aryl methyl sites for hydroxylation is 2. The summed E-state index contributed by atoms with van der Waals surface area (Å²) in [4.78, 5) is 0. The van der Waals surface area contributed by atoms with Gasteiger partial charge < -0.3 is 4.74 Å². The smallest absolute Gasteiger partial charge is 0.186 e. The highest BCUT2D eigenvalue weighted by molar-refractivity contribution is 5.28. The number of aromatic nitrogens is 3. The van der Waals surface area contributed by atoms with E-state index in [4.69, 9.17) is 10.00 Å². The summed E-state index contributed by atoms with van der Waals surface area (Å²) in [5, 5.41) is 17.0. The van der Waals surface area contributed by atoms with Gasteiger partial charge in [0.1, 0.15) is 11.8 Å². The molecule has 0 fully saturated rings. The molecule has 0 atom stereocenters. The van der Waals surface area contributed by atoms with Crippen molar-refractivity contribution in [2.75, 3.05) is 6.61 Å². The highest BCUT2D eigenvalue weighted by Crippen LogP contribution is 2.17. The largest absolute Gasteiger partial charge is 0.494 e. The van der Waals surface area contributed by atoms with Crippen LogP contribution in [0.15, 0.2) is 24.3 Å². The zero-order valence-electron chi connectivity index (χ0n) is 12.7. The highest BCUT2D eigenvalue weighted by Gasteiger charge is 2.15. The third kappa shape index (κ3) is 3.82. The van der Waals surface area contributed by atoms with Gasteiger partial charge >= 0.3 is 0 Å². The molecule has 0 aliphatic rings. The zero-order valence-corrected chi connectivity index (χ0v) is 12.7. The quantitative estimate of drug-likeness (QED) is 0.765. The Kier molecular flexibility index (Phi) is 4.94. The van der Waals surface area contributed by atoms with Crippen molar-refractivity contribution in [2.24, 2.45) is 0 Å². The normalized spacial score (nSPS) is 10.6. The van der Waals surface area contributed by atoms with E-state index in [9.17, 15) is 0 Å². The van der Waals surface area contributed by atoms with E-state index in [0.717, 1.165) is 17.9 Å². The monoisotopic (exact) mass is 284 g/mol. The molecule has 2 rings (SSSR count). The Balaban J connectivity index is 1.90. The van der Waals surface area contributed by atoms with Gasteiger partial charge in [-0.25, -0.2) is 4.68 Å². The van der Waals surface area contributed by atoms with Crippen molar-refractivity contribution in [1.29, 1.82) is 5.26 Å². The first-order chi connectivity index (χ1) is 10.1. The summed E-state index contributed by atoms with van der Waals surface area (Å²) in [6.07, 6.45) is 0.821. The lowest BCUT2D eigenvalue weighted by molar-refractivity contribution is 0.296. The maximum absolute atomic E-state index is 9.04. The zero-order chi connectivity index (χ0) is 15.2. The number of rotatable bonds is 6. The second-order valence-corrected chi connectivity index (χ2v) is 5.33. The molecular weight excluding hydrogens is 264 g/mol. The van der Waals surface area contributed by atoms with Crippen LogP contribution in [0.2, 0.25) is 0 Å². The van der Waals surface area contributed by atoms with Crippen molar-refractivity contribution in [3.63, 3.8) is 0 Å². The first-order valence-electron chi connectivity index (χ1n) is 7.14. The van der Waals surface area contributed by atoms with Crippen LogP contribution in [0.25, 0.3) is 0 Å². The molecule has 0 spiro atoms. The molecule has 0 aliphatic heterocycles. The van der Waals surface area contributed by atoms with Crippen LogP contribution in [0.3, 0.4) is 0 Å². The number of nitriles is 1. The Labute approximate surface area is 125 Å². The Hall–Kier alpha value is -2.35. The van der Waals surface area contributed by atoms with Crippen LogP contribution in [0.1, 0.15) is 43.1 Å². The Morgan fingerprint density at radius 2 is 2.19 bits per heavy atom. The van der Waals surface area contributed by atoms with E-state index in [1.807, 2.05) is 49.7 Å². The summed E-state index contributed by atoms with van der Waals surface area (Å²) in [6, 6.07) is 10.1. The van der Waals surface area contributed by atoms with Gasteiger partial charge in [0.05, 0.1) is 12.3 Å². The van der Waals surface area contributed by atoms with Crippen LogP contribution < -0.4 is 4.74 Å². The summed E-state index contributed by atoms with van der Waals surface area (Å²) in [5.74, 6) is 1.11. The van der Waals surface area contributed by atoms with Crippen molar-refractivity contribution >= 4 is 0 Å². The van der Waals surface area contributed by atoms with E-state index in [1.54, 1.807) is 0 Å². The predicted molar refractivity (Wildman–Crippen MR) is 80.1 cm³/mol. The first-order valence-corrected chi connectivity index (χ1v) is 7.14. The molecule has 1 aromatic carbocycles. The number of hydrogen-bond donors (Lipinski definition) is 0. The van der Waals surface area contributed by atoms with Gasteiger partial charge in [-0.05, 0) is 30.5 Å². The van der Waals surface area contributed by atoms with Gasteiger partial charge in [-0.2, -0.15) is 5.26 Å². The third-order valence-electron chi connectivity index (χ3n) is 3.20. The Morgan fingerprint density at radius 3 is 2.86 bits per heavy atom. The van der Waals surface area contributed by atoms with E-state index in [-0.39, 0.29) is 5.92 Å². The lowest BCUT2D eigenvalue weighted by Gasteiger charge is -2.10. The summed E-state index contributed by atoms with van der Waals surface area (Å²) in [5.41, 5.74) is 2.50. The fourth-order valence-electron chi connectivity index (χ4n) is 2.25. The second kappa shape index (κ2) is 6.89. The predicted octanol–water partition coefficient (Wildman–Crippen LogP) is 3.05. The van der Waals surface area contributed by atoms with Crippen LogP contribution >= 0.6 is 0 Å². The average molecular weight is 284 g/mol. The molecule has 0 bridgehead atoms. The summed E-state index contributed by atoms with van der Waals surface area (Å²) in [7, 11) is 0. The van der Waals surface area contributed by atoms with E-state index < -0.39 is 0 Å². The van der Waals surface area contributed by atoms with Crippen LogP contribution in [-0.2, 0) is 6.54 Å². The molecule has 0 radical (unpaired) electrons. The molecule has 1 aromatic heterocycles. The van der Waals surface area contributed by atoms with E-state index in [2.05, 4.69) is 16.4 Å². The van der Waals surface area contributed by atoms with Gasteiger partial charge in [0.15, 0.2) is 5.69 Å². The molecule has 0 saturated heterocycles. The summed E-state index contributed by atoms with van der Waals surface area (Å²) in [6.45, 7) is 7.44. The van der Waals surface area contributed by atoms with Crippen molar-refractivity contribution in [2.45, 2.75) is 39.7 Å². The maximum atomic E-state index is 9.04. The highest BCUT2D eigenvalue weighted by atomic mass is 16.5. The first kappa shape index (κ1) is 15.0. The minimum atomic E-state index is 0.229. The molecule has 110 valence electrons. The SMILES string of the molecule is Cc1cccc(OCCCn2nnc(C#N)c2C(C)C)c1. The van der Waals surface area contributed by atoms with E-state index in [1.165, 1.54) is 5.56 Å². The van der Waals surface area contributed by atoms with E-state index >= 15 is 0 Å². The summed E-state index contributed by atoms with van der Waals surface area (Å²) < 4.78 is 7.52. The van der Waals surface area contributed by atoms with Crippen molar-refractivity contribution in [3.8, 4) is 11.8 Å². The second-order valence-electron chi connectivity index (χ2n) is 5.33. The van der Waals surface area contributed by atoms with Gasteiger partial charge in [-0.1, -0.05) is 31.2 Å². The fraction of sp³-hybridized carbons (Fsp3) is 0.438. The minimum absolute atomic E-state index is 0.229. The van der Waals surface area contributed by atoms with Crippen LogP contribution in [-0.4, -0.2) is 21.6 Å². The lowest BCUT2D eigenvalue weighted by Crippen LogP contribution is -2.10. The van der Waals surface area contributed by atoms with Crippen LogP contribution in [0.4, 0.5) is 0 Å². The van der Waals surface area contributed by atoms with Gasteiger partial charge in [-0.3, -0.25) is 0 Å². The Morgan fingerprint density at radius 1 is 1.38 bits per heavy atom. The van der Waals surface area contributed by atoms with Crippen LogP contribution in [0.5, 0.6) is 5.75 Å². The topological polar surface area (TPSA) is 63.7 Å². The molecule has 21 heavy (non-hydrogen) atoms. The molecule has 0 amide bonds. The Bertz CT molecular complexity index is 640. The van der Waals surface area contributed by atoms with Gasteiger partial charge in [0.2, 0.25) is 0 Å².